The molecule has 0 fully saturated rings. The fourth-order valence-electron chi connectivity index (χ4n) is 3.00. The summed E-state index contributed by atoms with van der Waals surface area (Å²) in [6, 6.07) is 0. The van der Waals surface area contributed by atoms with Crippen LogP contribution in [0.25, 0.3) is 0 Å². The van der Waals surface area contributed by atoms with E-state index in [1.807, 2.05) is 0 Å². The number of ether oxygens (including phenoxy) is 4. The zero-order chi connectivity index (χ0) is 21.4. The van der Waals surface area contributed by atoms with Crippen LogP contribution in [0.15, 0.2) is 11.7 Å². The van der Waals surface area contributed by atoms with Crippen molar-refractivity contribution in [1.82, 2.24) is 0 Å². The molecule has 0 aromatic carbocycles. The van der Waals surface area contributed by atoms with Gasteiger partial charge in [0, 0.05) is 6.42 Å². The monoisotopic (exact) mass is 414 g/mol. The minimum Gasteiger partial charge on any atom is -0.491 e. The number of unbranched alkanes of at least 4 members (excludes halogenated alkanes) is 10. The quantitative estimate of drug-likeness (QED) is 0.0961. The van der Waals surface area contributed by atoms with Gasteiger partial charge in [0.15, 0.2) is 12.6 Å². The van der Waals surface area contributed by atoms with E-state index in [0.717, 1.165) is 51.1 Å². The standard InChI is InChI=1S/C25H50O4/c1-5-9-13-14-18-20-26-23-29-25(28-22-17-12-8-4)24(19-15-10-6-2)27-21-16-11-7-3/h5-23H2,1-4H3. The van der Waals surface area contributed by atoms with Crippen LogP contribution in [-0.2, 0) is 18.9 Å². The van der Waals surface area contributed by atoms with Gasteiger partial charge in [-0.2, -0.15) is 0 Å². The highest BCUT2D eigenvalue weighted by Crippen LogP contribution is 2.19. The van der Waals surface area contributed by atoms with Crippen LogP contribution in [0, 0.1) is 0 Å². The van der Waals surface area contributed by atoms with Crippen molar-refractivity contribution in [2.75, 3.05) is 26.6 Å². The Hall–Kier alpha value is -0.900. The normalized spacial score (nSPS) is 12.0. The fourth-order valence-corrected chi connectivity index (χ4v) is 3.00. The SMILES string of the molecule is CCCCCCCOCOC(OCCCCC)=C(CCCCC)OCCCCC. The molecule has 0 spiro atoms. The molecule has 0 amide bonds. The molecule has 0 rings (SSSR count). The first kappa shape index (κ1) is 28.1. The van der Waals surface area contributed by atoms with Crippen LogP contribution in [0.4, 0.5) is 0 Å². The summed E-state index contributed by atoms with van der Waals surface area (Å²) >= 11 is 0. The molecule has 0 unspecified atom stereocenters. The number of hydrogen-bond acceptors (Lipinski definition) is 4. The van der Waals surface area contributed by atoms with Gasteiger partial charge in [-0.1, -0.05) is 91.9 Å². The molecule has 0 saturated carbocycles. The van der Waals surface area contributed by atoms with Crippen molar-refractivity contribution in [2.24, 2.45) is 0 Å². The van der Waals surface area contributed by atoms with Gasteiger partial charge in [0.2, 0.25) is 0 Å². The molecule has 29 heavy (non-hydrogen) atoms. The van der Waals surface area contributed by atoms with Crippen LogP contribution in [0.3, 0.4) is 0 Å². The first-order valence-corrected chi connectivity index (χ1v) is 12.5. The third-order valence-corrected chi connectivity index (χ3v) is 4.91. The maximum absolute atomic E-state index is 6.11. The topological polar surface area (TPSA) is 36.9 Å². The summed E-state index contributed by atoms with van der Waals surface area (Å²) in [6.07, 6.45) is 17.4. The van der Waals surface area contributed by atoms with E-state index in [2.05, 4.69) is 27.7 Å². The summed E-state index contributed by atoms with van der Waals surface area (Å²) in [6.45, 7) is 11.3. The van der Waals surface area contributed by atoms with Gasteiger partial charge in [-0.25, -0.2) is 0 Å². The molecule has 0 aromatic heterocycles. The minimum atomic E-state index is 0.243. The summed E-state index contributed by atoms with van der Waals surface area (Å²) in [5, 5.41) is 0. The van der Waals surface area contributed by atoms with Crippen molar-refractivity contribution in [1.29, 1.82) is 0 Å². The molecule has 0 aromatic rings. The molecule has 174 valence electrons. The molecule has 0 N–H and O–H groups in total. The molecule has 0 heterocycles. The van der Waals surface area contributed by atoms with Crippen molar-refractivity contribution >= 4 is 0 Å². The van der Waals surface area contributed by atoms with Crippen LogP contribution in [0.1, 0.15) is 124 Å². The van der Waals surface area contributed by atoms with E-state index in [0.29, 0.717) is 12.6 Å². The van der Waals surface area contributed by atoms with Crippen molar-refractivity contribution in [3.05, 3.63) is 11.7 Å². The maximum Gasteiger partial charge on any atom is 0.321 e. The Labute approximate surface area is 181 Å². The van der Waals surface area contributed by atoms with Crippen LogP contribution < -0.4 is 0 Å². The van der Waals surface area contributed by atoms with Gasteiger partial charge in [0.1, 0.15) is 0 Å². The largest absolute Gasteiger partial charge is 0.491 e. The Morgan fingerprint density at radius 3 is 1.66 bits per heavy atom. The van der Waals surface area contributed by atoms with E-state index in [-0.39, 0.29) is 6.79 Å². The Kier molecular flexibility index (Phi) is 22.7. The van der Waals surface area contributed by atoms with E-state index in [1.54, 1.807) is 0 Å². The molecule has 4 heteroatoms. The van der Waals surface area contributed by atoms with E-state index in [1.165, 1.54) is 64.2 Å². The van der Waals surface area contributed by atoms with Crippen LogP contribution in [0.2, 0.25) is 0 Å². The zero-order valence-electron chi connectivity index (χ0n) is 20.1. The molecule has 0 radical (unpaired) electrons. The molecule has 0 aliphatic carbocycles. The third kappa shape index (κ3) is 18.8. The molecular weight excluding hydrogens is 364 g/mol. The summed E-state index contributed by atoms with van der Waals surface area (Å²) in [5.74, 6) is 1.43. The lowest BCUT2D eigenvalue weighted by atomic mass is 10.2. The summed E-state index contributed by atoms with van der Waals surface area (Å²) < 4.78 is 23.7. The van der Waals surface area contributed by atoms with E-state index in [4.69, 9.17) is 18.9 Å². The lowest BCUT2D eigenvalue weighted by Gasteiger charge is -2.18. The molecule has 0 atom stereocenters. The van der Waals surface area contributed by atoms with E-state index < -0.39 is 0 Å². The summed E-state index contributed by atoms with van der Waals surface area (Å²) in [4.78, 5) is 0. The van der Waals surface area contributed by atoms with Gasteiger partial charge in [0.05, 0.1) is 19.8 Å². The fraction of sp³-hybridized carbons (Fsp3) is 0.920. The predicted molar refractivity (Wildman–Crippen MR) is 123 cm³/mol. The lowest BCUT2D eigenvalue weighted by Crippen LogP contribution is -2.10. The van der Waals surface area contributed by atoms with Crippen molar-refractivity contribution in [2.45, 2.75) is 124 Å². The van der Waals surface area contributed by atoms with Gasteiger partial charge < -0.3 is 18.9 Å². The summed E-state index contributed by atoms with van der Waals surface area (Å²) in [5.41, 5.74) is 0. The number of hydrogen-bond donors (Lipinski definition) is 0. The average Bonchev–Trinajstić information content (AvgIpc) is 2.73. The Balaban J connectivity index is 4.61. The average molecular weight is 415 g/mol. The third-order valence-electron chi connectivity index (χ3n) is 4.91. The minimum absolute atomic E-state index is 0.243. The van der Waals surface area contributed by atoms with E-state index in [9.17, 15) is 0 Å². The zero-order valence-corrected chi connectivity index (χ0v) is 20.1. The van der Waals surface area contributed by atoms with Crippen LogP contribution in [0.5, 0.6) is 0 Å². The van der Waals surface area contributed by atoms with Gasteiger partial charge >= 0.3 is 5.95 Å². The second-order valence-corrected chi connectivity index (χ2v) is 7.86. The van der Waals surface area contributed by atoms with Gasteiger partial charge in [-0.3, -0.25) is 0 Å². The Bertz CT molecular complexity index is 355. The lowest BCUT2D eigenvalue weighted by molar-refractivity contribution is -0.0845. The number of rotatable bonds is 23. The Morgan fingerprint density at radius 1 is 0.483 bits per heavy atom. The molecule has 4 nitrogen and oxygen atoms in total. The van der Waals surface area contributed by atoms with Crippen LogP contribution >= 0.6 is 0 Å². The highest BCUT2D eigenvalue weighted by molar-refractivity contribution is 4.95. The smallest absolute Gasteiger partial charge is 0.321 e. The molecule has 0 bridgehead atoms. The number of allylic oxidation sites excluding steroid dienone is 1. The molecule has 0 aliphatic rings. The van der Waals surface area contributed by atoms with Crippen molar-refractivity contribution < 1.29 is 18.9 Å². The van der Waals surface area contributed by atoms with Gasteiger partial charge in [-0.15, -0.1) is 0 Å². The van der Waals surface area contributed by atoms with Crippen molar-refractivity contribution in [3.8, 4) is 0 Å². The van der Waals surface area contributed by atoms with E-state index >= 15 is 0 Å². The molecule has 0 aliphatic heterocycles. The first-order valence-electron chi connectivity index (χ1n) is 12.5. The molecular formula is C25H50O4. The van der Waals surface area contributed by atoms with Crippen molar-refractivity contribution in [3.63, 3.8) is 0 Å². The Morgan fingerprint density at radius 2 is 1.00 bits per heavy atom. The highest BCUT2D eigenvalue weighted by Gasteiger charge is 2.13. The van der Waals surface area contributed by atoms with Crippen LogP contribution in [-0.4, -0.2) is 26.6 Å². The molecule has 0 saturated heterocycles. The second-order valence-electron chi connectivity index (χ2n) is 7.86. The van der Waals surface area contributed by atoms with Gasteiger partial charge in [-0.05, 0) is 25.7 Å². The highest BCUT2D eigenvalue weighted by atomic mass is 16.7. The first-order chi connectivity index (χ1) is 14.3. The maximum atomic E-state index is 6.11. The van der Waals surface area contributed by atoms with Gasteiger partial charge in [0.25, 0.3) is 0 Å². The second kappa shape index (κ2) is 23.4. The summed E-state index contributed by atoms with van der Waals surface area (Å²) in [7, 11) is 0. The predicted octanol–water partition coefficient (Wildman–Crippen LogP) is 8.11.